The van der Waals surface area contributed by atoms with E-state index in [0.29, 0.717) is 18.7 Å². The summed E-state index contributed by atoms with van der Waals surface area (Å²) in [4.78, 5) is 12.3. The first-order valence-electron chi connectivity index (χ1n) is 8.42. The number of nitrogens with one attached hydrogen (secondary N) is 1. The van der Waals surface area contributed by atoms with E-state index in [-0.39, 0.29) is 11.3 Å². The monoisotopic (exact) mass is 324 g/mol. The second-order valence-corrected chi connectivity index (χ2v) is 6.45. The summed E-state index contributed by atoms with van der Waals surface area (Å²) in [6, 6.07) is 17.9. The molecule has 1 aliphatic rings. The first-order valence-corrected chi connectivity index (χ1v) is 8.42. The normalized spacial score (nSPS) is 16.5. The Morgan fingerprint density at radius 3 is 2.38 bits per heavy atom. The van der Waals surface area contributed by atoms with E-state index in [2.05, 4.69) is 29.6 Å². The fourth-order valence-electron chi connectivity index (χ4n) is 3.27. The van der Waals surface area contributed by atoms with Gasteiger partial charge in [0.05, 0.1) is 6.42 Å². The van der Waals surface area contributed by atoms with Crippen LogP contribution in [0.3, 0.4) is 0 Å². The molecular weight excluding hydrogens is 300 g/mol. The molecule has 4 nitrogen and oxygen atoms in total. The number of carbonyl (C=O) groups excluding carboxylic acids is 1. The molecule has 2 aromatic carbocycles. The zero-order valence-corrected chi connectivity index (χ0v) is 13.8. The Labute approximate surface area is 143 Å². The van der Waals surface area contributed by atoms with Gasteiger partial charge in [-0.3, -0.25) is 4.79 Å². The summed E-state index contributed by atoms with van der Waals surface area (Å²) in [5, 5.41) is 3.13. The molecule has 1 heterocycles. The van der Waals surface area contributed by atoms with Gasteiger partial charge in [-0.15, -0.1) is 0 Å². The largest absolute Gasteiger partial charge is 0.399 e. The number of amides is 1. The smallest absolute Gasteiger partial charge is 0.224 e. The van der Waals surface area contributed by atoms with E-state index in [4.69, 9.17) is 10.5 Å². The molecule has 126 valence electrons. The van der Waals surface area contributed by atoms with Crippen LogP contribution in [0.25, 0.3) is 0 Å². The molecule has 1 amide bonds. The van der Waals surface area contributed by atoms with Crippen LogP contribution in [0.1, 0.15) is 24.0 Å². The van der Waals surface area contributed by atoms with E-state index < -0.39 is 0 Å². The summed E-state index contributed by atoms with van der Waals surface area (Å²) in [7, 11) is 0. The predicted molar refractivity (Wildman–Crippen MR) is 95.7 cm³/mol. The highest BCUT2D eigenvalue weighted by Crippen LogP contribution is 2.34. The summed E-state index contributed by atoms with van der Waals surface area (Å²) in [6.45, 7) is 2.12. The topological polar surface area (TPSA) is 64.4 Å². The molecule has 0 aliphatic carbocycles. The molecule has 0 unspecified atom stereocenters. The van der Waals surface area contributed by atoms with Crippen molar-refractivity contribution in [3.8, 4) is 0 Å². The third-order valence-corrected chi connectivity index (χ3v) is 4.80. The predicted octanol–water partition coefficient (Wildman–Crippen LogP) is 2.68. The van der Waals surface area contributed by atoms with Crippen LogP contribution in [-0.4, -0.2) is 25.7 Å². The van der Waals surface area contributed by atoms with Gasteiger partial charge >= 0.3 is 0 Å². The highest BCUT2D eigenvalue weighted by atomic mass is 16.5. The molecule has 0 spiro atoms. The molecule has 0 bridgehead atoms. The number of nitrogen functional groups attached to an aromatic ring is 1. The van der Waals surface area contributed by atoms with Crippen molar-refractivity contribution >= 4 is 11.6 Å². The Morgan fingerprint density at radius 2 is 1.71 bits per heavy atom. The summed E-state index contributed by atoms with van der Waals surface area (Å²) in [5.41, 5.74) is 8.62. The lowest BCUT2D eigenvalue weighted by Gasteiger charge is -2.38. The van der Waals surface area contributed by atoms with Gasteiger partial charge in [0.1, 0.15) is 0 Å². The zero-order valence-electron chi connectivity index (χ0n) is 13.8. The second kappa shape index (κ2) is 7.49. The van der Waals surface area contributed by atoms with Gasteiger partial charge in [0.15, 0.2) is 0 Å². The molecule has 0 atom stereocenters. The van der Waals surface area contributed by atoms with Gasteiger partial charge in [0.25, 0.3) is 0 Å². The molecule has 3 rings (SSSR count). The maximum Gasteiger partial charge on any atom is 0.224 e. The molecular formula is C20H24N2O2. The van der Waals surface area contributed by atoms with Crippen LogP contribution in [0.5, 0.6) is 0 Å². The van der Waals surface area contributed by atoms with Gasteiger partial charge in [0.2, 0.25) is 5.91 Å². The Morgan fingerprint density at radius 1 is 1.04 bits per heavy atom. The van der Waals surface area contributed by atoms with Crippen LogP contribution in [-0.2, 0) is 21.4 Å². The Balaban J connectivity index is 1.65. The van der Waals surface area contributed by atoms with Crippen molar-refractivity contribution in [3.05, 3.63) is 65.7 Å². The molecule has 0 aromatic heterocycles. The third kappa shape index (κ3) is 3.95. The minimum absolute atomic E-state index is 0.0315. The van der Waals surface area contributed by atoms with Gasteiger partial charge in [-0.05, 0) is 36.1 Å². The molecule has 1 aliphatic heterocycles. The summed E-state index contributed by atoms with van der Waals surface area (Å²) < 4.78 is 5.54. The van der Waals surface area contributed by atoms with Crippen LogP contribution < -0.4 is 11.1 Å². The minimum atomic E-state index is -0.0315. The highest BCUT2D eigenvalue weighted by Gasteiger charge is 2.34. The fraction of sp³-hybridized carbons (Fsp3) is 0.350. The standard InChI is InChI=1S/C20H24N2O2/c21-18-8-6-16(7-9-18)14-19(23)22-15-20(10-12-24-13-11-20)17-4-2-1-3-5-17/h1-9H,10-15,21H2,(H,22,23). The summed E-state index contributed by atoms with van der Waals surface area (Å²) >= 11 is 0. The van der Waals surface area contributed by atoms with E-state index in [9.17, 15) is 4.79 Å². The molecule has 24 heavy (non-hydrogen) atoms. The van der Waals surface area contributed by atoms with Crippen molar-refractivity contribution in [2.24, 2.45) is 0 Å². The van der Waals surface area contributed by atoms with Crippen molar-refractivity contribution < 1.29 is 9.53 Å². The van der Waals surface area contributed by atoms with Gasteiger partial charge in [-0.1, -0.05) is 42.5 Å². The number of ether oxygens (including phenoxy) is 1. The van der Waals surface area contributed by atoms with Crippen molar-refractivity contribution in [1.82, 2.24) is 5.32 Å². The number of rotatable bonds is 5. The average molecular weight is 324 g/mol. The molecule has 1 fully saturated rings. The molecule has 4 heteroatoms. The van der Waals surface area contributed by atoms with Gasteiger partial charge < -0.3 is 15.8 Å². The van der Waals surface area contributed by atoms with Crippen LogP contribution in [0.15, 0.2) is 54.6 Å². The van der Waals surface area contributed by atoms with Gasteiger partial charge in [-0.2, -0.15) is 0 Å². The van der Waals surface area contributed by atoms with Crippen molar-refractivity contribution in [2.45, 2.75) is 24.7 Å². The Bertz CT molecular complexity index is 662. The maximum absolute atomic E-state index is 12.3. The molecule has 2 aromatic rings. The first-order chi connectivity index (χ1) is 11.7. The van der Waals surface area contributed by atoms with Crippen LogP contribution in [0.4, 0.5) is 5.69 Å². The second-order valence-electron chi connectivity index (χ2n) is 6.45. The van der Waals surface area contributed by atoms with Crippen LogP contribution in [0, 0.1) is 0 Å². The molecule has 1 saturated heterocycles. The fourth-order valence-corrected chi connectivity index (χ4v) is 3.27. The molecule has 0 saturated carbocycles. The average Bonchev–Trinajstić information content (AvgIpc) is 2.63. The first kappa shape index (κ1) is 16.5. The zero-order chi connectivity index (χ0) is 16.8. The SMILES string of the molecule is Nc1ccc(CC(=O)NCC2(c3ccccc3)CCOCC2)cc1. The summed E-state index contributed by atoms with van der Waals surface area (Å²) in [5.74, 6) is 0.0431. The Kier molecular flexibility index (Phi) is 5.16. The van der Waals surface area contributed by atoms with E-state index >= 15 is 0 Å². The highest BCUT2D eigenvalue weighted by molar-refractivity contribution is 5.78. The van der Waals surface area contributed by atoms with Crippen LogP contribution in [0.2, 0.25) is 0 Å². The van der Waals surface area contributed by atoms with Crippen molar-refractivity contribution in [2.75, 3.05) is 25.5 Å². The molecule has 0 radical (unpaired) electrons. The minimum Gasteiger partial charge on any atom is -0.399 e. The lowest BCUT2D eigenvalue weighted by molar-refractivity contribution is -0.120. The number of nitrogens with two attached hydrogens (primary N) is 1. The molecule has 3 N–H and O–H groups in total. The lowest BCUT2D eigenvalue weighted by atomic mass is 9.74. The number of carbonyl (C=O) groups is 1. The summed E-state index contributed by atoms with van der Waals surface area (Å²) in [6.07, 6.45) is 2.24. The van der Waals surface area contributed by atoms with Crippen molar-refractivity contribution in [1.29, 1.82) is 0 Å². The lowest BCUT2D eigenvalue weighted by Crippen LogP contribution is -2.45. The number of anilines is 1. The number of hydrogen-bond acceptors (Lipinski definition) is 3. The van der Waals surface area contributed by atoms with Crippen molar-refractivity contribution in [3.63, 3.8) is 0 Å². The quantitative estimate of drug-likeness (QED) is 0.831. The Hall–Kier alpha value is -2.33. The van der Waals surface area contributed by atoms with E-state index in [0.717, 1.165) is 31.6 Å². The van der Waals surface area contributed by atoms with E-state index in [1.807, 2.05) is 30.3 Å². The van der Waals surface area contributed by atoms with Crippen LogP contribution >= 0.6 is 0 Å². The van der Waals surface area contributed by atoms with Gasteiger partial charge in [-0.25, -0.2) is 0 Å². The number of benzene rings is 2. The number of hydrogen-bond donors (Lipinski definition) is 2. The van der Waals surface area contributed by atoms with E-state index in [1.165, 1.54) is 5.56 Å². The third-order valence-electron chi connectivity index (χ3n) is 4.80. The van der Waals surface area contributed by atoms with Gasteiger partial charge in [0, 0.05) is 30.9 Å². The van der Waals surface area contributed by atoms with E-state index in [1.54, 1.807) is 0 Å². The maximum atomic E-state index is 12.3.